The summed E-state index contributed by atoms with van der Waals surface area (Å²) >= 11 is 0. The summed E-state index contributed by atoms with van der Waals surface area (Å²) in [5.74, 6) is -0.470. The number of rotatable bonds is 2. The van der Waals surface area contributed by atoms with E-state index in [0.29, 0.717) is 12.2 Å². The Kier molecular flexibility index (Phi) is 2.85. The van der Waals surface area contributed by atoms with Crippen molar-refractivity contribution < 1.29 is 18.0 Å². The van der Waals surface area contributed by atoms with E-state index in [1.165, 1.54) is 13.0 Å². The van der Waals surface area contributed by atoms with Gasteiger partial charge in [0.05, 0.1) is 5.56 Å². The molecule has 0 radical (unpaired) electrons. The first-order valence-corrected chi connectivity index (χ1v) is 5.33. The van der Waals surface area contributed by atoms with Crippen LogP contribution in [0.3, 0.4) is 0 Å². The minimum atomic E-state index is -4.37. The molecule has 0 aromatic heterocycles. The number of Topliss-reactive ketones (excluding diaryl/α,β-unsaturated/α-hetero) is 1. The highest BCUT2D eigenvalue weighted by Gasteiger charge is 2.38. The van der Waals surface area contributed by atoms with E-state index in [1.807, 2.05) is 0 Å². The molecule has 2 nitrogen and oxygen atoms in total. The third-order valence-corrected chi connectivity index (χ3v) is 2.89. The van der Waals surface area contributed by atoms with E-state index in [0.717, 1.165) is 6.07 Å². The molecule has 1 unspecified atom stereocenters. The van der Waals surface area contributed by atoms with Gasteiger partial charge in [-0.2, -0.15) is 13.2 Å². The third kappa shape index (κ3) is 2.28. The predicted octanol–water partition coefficient (Wildman–Crippen LogP) is 3.19. The standard InChI is InChI=1S/C12H12F3NO/c1-7(17)5-8-6-16-10-4-2-3-9(11(8)10)12(13,14)15/h2-4,8,16H,5-6H2,1H3. The summed E-state index contributed by atoms with van der Waals surface area (Å²) in [6.07, 6.45) is -4.22. The molecular weight excluding hydrogens is 231 g/mol. The monoisotopic (exact) mass is 243 g/mol. The van der Waals surface area contributed by atoms with Crippen LogP contribution in [0.15, 0.2) is 18.2 Å². The molecular formula is C12H12F3NO. The number of carbonyl (C=O) groups excluding carboxylic acids is 1. The number of ketones is 1. The first-order valence-electron chi connectivity index (χ1n) is 5.33. The van der Waals surface area contributed by atoms with Crippen molar-refractivity contribution in [2.45, 2.75) is 25.4 Å². The fraction of sp³-hybridized carbons (Fsp3) is 0.417. The Morgan fingerprint density at radius 3 is 2.76 bits per heavy atom. The van der Waals surface area contributed by atoms with Crippen molar-refractivity contribution in [1.29, 1.82) is 0 Å². The van der Waals surface area contributed by atoms with Crippen LogP contribution in [0.4, 0.5) is 18.9 Å². The average molecular weight is 243 g/mol. The summed E-state index contributed by atoms with van der Waals surface area (Å²) in [7, 11) is 0. The molecule has 0 amide bonds. The molecule has 0 bridgehead atoms. The molecule has 92 valence electrons. The molecule has 0 saturated carbocycles. The Balaban J connectivity index is 2.45. The molecule has 5 heteroatoms. The number of anilines is 1. The molecule has 1 atom stereocenters. The summed E-state index contributed by atoms with van der Waals surface area (Å²) in [5.41, 5.74) is 0.0903. The molecule has 0 spiro atoms. The maximum atomic E-state index is 12.8. The first kappa shape index (κ1) is 12.0. The Morgan fingerprint density at radius 2 is 2.18 bits per heavy atom. The number of hydrogen-bond donors (Lipinski definition) is 1. The molecule has 1 heterocycles. The quantitative estimate of drug-likeness (QED) is 0.864. The highest BCUT2D eigenvalue weighted by molar-refractivity contribution is 5.78. The Labute approximate surface area is 96.8 Å². The average Bonchev–Trinajstić information content (AvgIpc) is 2.59. The normalized spacial score (nSPS) is 18.7. The molecule has 1 aromatic rings. The molecule has 2 rings (SSSR count). The molecule has 1 N–H and O–H groups in total. The highest BCUT2D eigenvalue weighted by atomic mass is 19.4. The number of hydrogen-bond acceptors (Lipinski definition) is 2. The van der Waals surface area contributed by atoms with Gasteiger partial charge in [0.25, 0.3) is 0 Å². The van der Waals surface area contributed by atoms with Gasteiger partial charge in [0, 0.05) is 24.6 Å². The molecule has 0 aliphatic carbocycles. The fourth-order valence-electron chi connectivity index (χ4n) is 2.26. The Hall–Kier alpha value is -1.52. The van der Waals surface area contributed by atoms with Gasteiger partial charge in [-0.1, -0.05) is 6.07 Å². The van der Waals surface area contributed by atoms with Crippen molar-refractivity contribution in [3.63, 3.8) is 0 Å². The summed E-state index contributed by atoms with van der Waals surface area (Å²) < 4.78 is 38.5. The van der Waals surface area contributed by atoms with Gasteiger partial charge in [0.15, 0.2) is 0 Å². The van der Waals surface area contributed by atoms with E-state index in [1.54, 1.807) is 6.07 Å². The number of carbonyl (C=O) groups is 1. The van der Waals surface area contributed by atoms with Crippen molar-refractivity contribution in [3.8, 4) is 0 Å². The summed E-state index contributed by atoms with van der Waals surface area (Å²) in [4.78, 5) is 11.1. The van der Waals surface area contributed by atoms with Crippen LogP contribution in [0.1, 0.15) is 30.4 Å². The Morgan fingerprint density at radius 1 is 1.47 bits per heavy atom. The van der Waals surface area contributed by atoms with Crippen molar-refractivity contribution in [1.82, 2.24) is 0 Å². The van der Waals surface area contributed by atoms with Crippen molar-refractivity contribution in [2.24, 2.45) is 0 Å². The fourth-order valence-corrected chi connectivity index (χ4v) is 2.26. The zero-order chi connectivity index (χ0) is 12.6. The molecule has 1 aliphatic heterocycles. The van der Waals surface area contributed by atoms with E-state index in [4.69, 9.17) is 0 Å². The smallest absolute Gasteiger partial charge is 0.384 e. The number of fused-ring (bicyclic) bond motifs is 1. The molecule has 17 heavy (non-hydrogen) atoms. The van der Waals surface area contributed by atoms with Gasteiger partial charge < -0.3 is 10.1 Å². The van der Waals surface area contributed by atoms with Gasteiger partial charge in [-0.15, -0.1) is 0 Å². The number of nitrogens with one attached hydrogen (secondary N) is 1. The zero-order valence-electron chi connectivity index (χ0n) is 9.27. The molecule has 0 saturated heterocycles. The van der Waals surface area contributed by atoms with Crippen molar-refractivity contribution in [2.75, 3.05) is 11.9 Å². The first-order chi connectivity index (χ1) is 7.89. The SMILES string of the molecule is CC(=O)CC1CNc2cccc(C(F)(F)F)c21. The van der Waals surface area contributed by atoms with Crippen LogP contribution in [0.5, 0.6) is 0 Å². The van der Waals surface area contributed by atoms with E-state index in [2.05, 4.69) is 5.32 Å². The second-order valence-corrected chi connectivity index (χ2v) is 4.25. The van der Waals surface area contributed by atoms with Gasteiger partial charge in [-0.25, -0.2) is 0 Å². The largest absolute Gasteiger partial charge is 0.416 e. The zero-order valence-corrected chi connectivity index (χ0v) is 9.27. The minimum Gasteiger partial charge on any atom is -0.384 e. The van der Waals surface area contributed by atoms with Crippen LogP contribution in [-0.4, -0.2) is 12.3 Å². The van der Waals surface area contributed by atoms with Crippen molar-refractivity contribution in [3.05, 3.63) is 29.3 Å². The Bertz CT molecular complexity index is 454. The highest BCUT2D eigenvalue weighted by Crippen LogP contribution is 2.43. The van der Waals surface area contributed by atoms with Gasteiger partial charge in [-0.05, 0) is 24.6 Å². The second-order valence-electron chi connectivity index (χ2n) is 4.25. The lowest BCUT2D eigenvalue weighted by molar-refractivity contribution is -0.138. The lowest BCUT2D eigenvalue weighted by atomic mass is 9.91. The van der Waals surface area contributed by atoms with E-state index in [9.17, 15) is 18.0 Å². The number of benzene rings is 1. The van der Waals surface area contributed by atoms with Gasteiger partial charge >= 0.3 is 6.18 Å². The van der Waals surface area contributed by atoms with Gasteiger partial charge in [-0.3, -0.25) is 0 Å². The molecule has 1 aliphatic rings. The van der Waals surface area contributed by atoms with Crippen LogP contribution in [-0.2, 0) is 11.0 Å². The van der Waals surface area contributed by atoms with Crippen LogP contribution in [0.2, 0.25) is 0 Å². The minimum absolute atomic E-state index is 0.0957. The lowest BCUT2D eigenvalue weighted by Crippen LogP contribution is -2.12. The maximum absolute atomic E-state index is 12.8. The van der Waals surface area contributed by atoms with Crippen LogP contribution >= 0.6 is 0 Å². The maximum Gasteiger partial charge on any atom is 0.416 e. The van der Waals surface area contributed by atoms with Crippen molar-refractivity contribution >= 4 is 11.5 Å². The summed E-state index contributed by atoms with van der Waals surface area (Å²) in [6.45, 7) is 1.79. The van der Waals surface area contributed by atoms with E-state index < -0.39 is 11.7 Å². The number of alkyl halides is 3. The van der Waals surface area contributed by atoms with E-state index >= 15 is 0 Å². The predicted molar refractivity (Wildman–Crippen MR) is 58.0 cm³/mol. The van der Waals surface area contributed by atoms with Gasteiger partial charge in [0.2, 0.25) is 0 Å². The third-order valence-electron chi connectivity index (χ3n) is 2.89. The molecule has 0 fully saturated rings. The summed E-state index contributed by atoms with van der Waals surface area (Å²) in [6, 6.07) is 4.06. The van der Waals surface area contributed by atoms with Crippen LogP contribution < -0.4 is 5.32 Å². The lowest BCUT2D eigenvalue weighted by Gasteiger charge is -2.15. The van der Waals surface area contributed by atoms with Crippen LogP contribution in [0.25, 0.3) is 0 Å². The second kappa shape index (κ2) is 4.05. The van der Waals surface area contributed by atoms with E-state index in [-0.39, 0.29) is 23.7 Å². The summed E-state index contributed by atoms with van der Waals surface area (Å²) in [5, 5.41) is 2.92. The molecule has 1 aromatic carbocycles. The number of halogens is 3. The van der Waals surface area contributed by atoms with Gasteiger partial charge in [0.1, 0.15) is 5.78 Å². The topological polar surface area (TPSA) is 29.1 Å². The van der Waals surface area contributed by atoms with Crippen LogP contribution in [0, 0.1) is 0 Å².